The lowest BCUT2D eigenvalue weighted by atomic mass is 10.2. The van der Waals surface area contributed by atoms with Gasteiger partial charge in [0.1, 0.15) is 10.9 Å². The van der Waals surface area contributed by atoms with E-state index in [1.807, 2.05) is 35.8 Å². The van der Waals surface area contributed by atoms with Crippen LogP contribution in [0.5, 0.6) is 0 Å². The molecule has 0 saturated carbocycles. The number of carbonyl (C=O) groups is 1. The van der Waals surface area contributed by atoms with Gasteiger partial charge in [-0.25, -0.2) is 0 Å². The molecule has 0 saturated heterocycles. The predicted molar refractivity (Wildman–Crippen MR) is 113 cm³/mol. The number of halogens is 3. The first-order chi connectivity index (χ1) is 14.3. The van der Waals surface area contributed by atoms with E-state index in [-0.39, 0.29) is 11.6 Å². The van der Waals surface area contributed by atoms with Crippen molar-refractivity contribution < 1.29 is 18.0 Å². The van der Waals surface area contributed by atoms with Crippen molar-refractivity contribution in [2.45, 2.75) is 36.7 Å². The molecule has 0 aliphatic heterocycles. The number of hydrogen-bond donors (Lipinski definition) is 1. The zero-order valence-electron chi connectivity index (χ0n) is 16.0. The standard InChI is InChI=1S/C20H17F3N4OS2/c1-3-16(18(28)24-13-6-4-5-12(9-13)20(21,22)23)30-19-15-10-17-14(7-8-29-17)27(15)11(2)25-26-19/h4-10,16H,3H2,1-2H3,(H,24,28). The Morgan fingerprint density at radius 2 is 2.03 bits per heavy atom. The summed E-state index contributed by atoms with van der Waals surface area (Å²) in [5.74, 6) is 0.361. The number of amides is 1. The number of anilines is 1. The van der Waals surface area contributed by atoms with Gasteiger partial charge in [0, 0.05) is 5.69 Å². The number of benzene rings is 1. The molecule has 1 atom stereocenters. The van der Waals surface area contributed by atoms with Crippen LogP contribution in [0.25, 0.3) is 15.7 Å². The van der Waals surface area contributed by atoms with Crippen LogP contribution in [0.4, 0.5) is 18.9 Å². The zero-order valence-corrected chi connectivity index (χ0v) is 17.7. The average molecular weight is 451 g/mol. The van der Waals surface area contributed by atoms with Crippen LogP contribution in [0.2, 0.25) is 0 Å². The van der Waals surface area contributed by atoms with Crippen LogP contribution in [0.1, 0.15) is 24.7 Å². The molecule has 0 radical (unpaired) electrons. The Labute approximate surface area is 178 Å². The van der Waals surface area contributed by atoms with Gasteiger partial charge in [0.2, 0.25) is 5.91 Å². The van der Waals surface area contributed by atoms with Crippen LogP contribution in [-0.2, 0) is 11.0 Å². The lowest BCUT2D eigenvalue weighted by molar-refractivity contribution is -0.137. The van der Waals surface area contributed by atoms with Crippen LogP contribution in [0, 0.1) is 6.92 Å². The summed E-state index contributed by atoms with van der Waals surface area (Å²) in [5.41, 5.74) is 1.20. The van der Waals surface area contributed by atoms with Gasteiger partial charge in [0.15, 0.2) is 0 Å². The first kappa shape index (κ1) is 20.7. The van der Waals surface area contributed by atoms with E-state index >= 15 is 0 Å². The molecule has 5 nitrogen and oxygen atoms in total. The molecule has 0 aliphatic carbocycles. The summed E-state index contributed by atoms with van der Waals surface area (Å²) in [7, 11) is 0. The fraction of sp³-hybridized carbons (Fsp3) is 0.250. The summed E-state index contributed by atoms with van der Waals surface area (Å²) in [4.78, 5) is 12.8. The van der Waals surface area contributed by atoms with E-state index in [1.165, 1.54) is 23.9 Å². The number of aromatic nitrogens is 3. The molecule has 156 valence electrons. The van der Waals surface area contributed by atoms with Crippen LogP contribution in [0.15, 0.2) is 46.8 Å². The van der Waals surface area contributed by atoms with Crippen molar-refractivity contribution in [2.75, 3.05) is 5.32 Å². The fourth-order valence-electron chi connectivity index (χ4n) is 3.18. The summed E-state index contributed by atoms with van der Waals surface area (Å²) in [6, 6.07) is 8.64. The predicted octanol–water partition coefficient (Wildman–Crippen LogP) is 5.78. The molecule has 1 amide bonds. The van der Waals surface area contributed by atoms with E-state index in [1.54, 1.807) is 11.3 Å². The summed E-state index contributed by atoms with van der Waals surface area (Å²) in [6.45, 7) is 3.71. The molecule has 0 spiro atoms. The maximum atomic E-state index is 12.9. The Hall–Kier alpha value is -2.59. The molecule has 3 heterocycles. The van der Waals surface area contributed by atoms with Crippen LogP contribution in [-0.4, -0.2) is 25.8 Å². The van der Waals surface area contributed by atoms with E-state index in [2.05, 4.69) is 15.5 Å². The SMILES string of the molecule is CCC(Sc1nnc(C)n2c1cc1sccc12)C(=O)Nc1cccc(C(F)(F)F)c1. The third-order valence-electron chi connectivity index (χ3n) is 4.63. The highest BCUT2D eigenvalue weighted by molar-refractivity contribution is 8.00. The Morgan fingerprint density at radius 3 is 2.77 bits per heavy atom. The molecule has 30 heavy (non-hydrogen) atoms. The topological polar surface area (TPSA) is 59.3 Å². The number of carbonyl (C=O) groups excluding carboxylic acids is 1. The molecular weight excluding hydrogens is 433 g/mol. The Balaban J connectivity index is 1.59. The average Bonchev–Trinajstić information content (AvgIpc) is 3.28. The highest BCUT2D eigenvalue weighted by atomic mass is 32.2. The van der Waals surface area contributed by atoms with Crippen molar-refractivity contribution >= 4 is 50.4 Å². The van der Waals surface area contributed by atoms with Gasteiger partial charge in [0.25, 0.3) is 0 Å². The van der Waals surface area contributed by atoms with Crippen molar-refractivity contribution in [2.24, 2.45) is 0 Å². The minimum absolute atomic E-state index is 0.109. The van der Waals surface area contributed by atoms with E-state index < -0.39 is 17.0 Å². The van der Waals surface area contributed by atoms with E-state index in [0.717, 1.165) is 33.7 Å². The number of rotatable bonds is 5. The summed E-state index contributed by atoms with van der Waals surface area (Å²) in [5, 5.41) is 13.2. The molecule has 1 N–H and O–H groups in total. The Kier molecular flexibility index (Phi) is 5.46. The van der Waals surface area contributed by atoms with Gasteiger partial charge in [-0.05, 0) is 49.1 Å². The number of nitrogens with one attached hydrogen (secondary N) is 1. The second kappa shape index (κ2) is 7.92. The van der Waals surface area contributed by atoms with Crippen molar-refractivity contribution in [3.8, 4) is 0 Å². The molecule has 0 bridgehead atoms. The molecule has 4 aromatic rings. The van der Waals surface area contributed by atoms with E-state index in [0.29, 0.717) is 11.4 Å². The normalized spacial score (nSPS) is 13.1. The van der Waals surface area contributed by atoms with Crippen molar-refractivity contribution in [1.82, 2.24) is 14.6 Å². The molecule has 0 fully saturated rings. The highest BCUT2D eigenvalue weighted by Crippen LogP contribution is 2.34. The van der Waals surface area contributed by atoms with Crippen LogP contribution >= 0.6 is 23.1 Å². The fourth-order valence-corrected chi connectivity index (χ4v) is 4.95. The molecule has 0 aliphatic rings. The maximum absolute atomic E-state index is 12.9. The van der Waals surface area contributed by atoms with Crippen molar-refractivity contribution in [3.05, 3.63) is 53.2 Å². The number of fused-ring (bicyclic) bond motifs is 3. The Bertz CT molecular complexity index is 1230. The van der Waals surface area contributed by atoms with Gasteiger partial charge in [-0.3, -0.25) is 9.20 Å². The molecule has 1 aromatic carbocycles. The summed E-state index contributed by atoms with van der Waals surface area (Å²) < 4.78 is 41.9. The number of thioether (sulfide) groups is 1. The quantitative estimate of drug-likeness (QED) is 0.392. The van der Waals surface area contributed by atoms with Gasteiger partial charge in [-0.15, -0.1) is 21.5 Å². The first-order valence-electron chi connectivity index (χ1n) is 9.14. The Morgan fingerprint density at radius 1 is 1.23 bits per heavy atom. The lowest BCUT2D eigenvalue weighted by Crippen LogP contribution is -2.25. The van der Waals surface area contributed by atoms with E-state index in [9.17, 15) is 18.0 Å². The van der Waals surface area contributed by atoms with Gasteiger partial charge in [-0.1, -0.05) is 24.8 Å². The van der Waals surface area contributed by atoms with Gasteiger partial charge >= 0.3 is 6.18 Å². The number of hydrogen-bond acceptors (Lipinski definition) is 5. The molecule has 1 unspecified atom stereocenters. The third-order valence-corrected chi connectivity index (χ3v) is 6.82. The number of thiophene rings is 1. The van der Waals surface area contributed by atoms with Crippen molar-refractivity contribution in [3.63, 3.8) is 0 Å². The minimum atomic E-state index is -4.47. The second-order valence-corrected chi connectivity index (χ2v) is 8.81. The van der Waals surface area contributed by atoms with Gasteiger partial charge in [0.05, 0.1) is 26.5 Å². The smallest absolute Gasteiger partial charge is 0.325 e. The molecule has 4 rings (SSSR count). The number of nitrogens with zero attached hydrogens (tertiary/aromatic N) is 3. The monoisotopic (exact) mass is 450 g/mol. The van der Waals surface area contributed by atoms with Gasteiger partial charge in [-0.2, -0.15) is 13.2 Å². The largest absolute Gasteiger partial charge is 0.416 e. The molecule has 3 aromatic heterocycles. The number of aryl methyl sites for hydroxylation is 1. The molecular formula is C20H17F3N4OS2. The first-order valence-corrected chi connectivity index (χ1v) is 10.9. The second-order valence-electron chi connectivity index (χ2n) is 6.67. The number of alkyl halides is 3. The molecule has 10 heteroatoms. The van der Waals surface area contributed by atoms with E-state index in [4.69, 9.17) is 0 Å². The van der Waals surface area contributed by atoms with Crippen LogP contribution < -0.4 is 5.32 Å². The van der Waals surface area contributed by atoms with Gasteiger partial charge < -0.3 is 5.32 Å². The highest BCUT2D eigenvalue weighted by Gasteiger charge is 2.31. The minimum Gasteiger partial charge on any atom is -0.325 e. The van der Waals surface area contributed by atoms with Crippen LogP contribution in [0.3, 0.4) is 0 Å². The summed E-state index contributed by atoms with van der Waals surface area (Å²) in [6.07, 6.45) is -3.99. The van der Waals surface area contributed by atoms with Crippen molar-refractivity contribution in [1.29, 1.82) is 0 Å². The maximum Gasteiger partial charge on any atom is 0.416 e. The summed E-state index contributed by atoms with van der Waals surface area (Å²) >= 11 is 2.87. The zero-order chi connectivity index (χ0) is 21.5. The third kappa shape index (κ3) is 3.89. The lowest BCUT2D eigenvalue weighted by Gasteiger charge is -2.16.